The quantitative estimate of drug-likeness (QED) is 0.721. The summed E-state index contributed by atoms with van der Waals surface area (Å²) in [6.07, 6.45) is 0.686. The van der Waals surface area contributed by atoms with Gasteiger partial charge in [0.2, 0.25) is 0 Å². The van der Waals surface area contributed by atoms with E-state index in [1.165, 1.54) is 0 Å². The summed E-state index contributed by atoms with van der Waals surface area (Å²) in [5.41, 5.74) is -0.419. The number of nitrogens with zero attached hydrogens (tertiary/aromatic N) is 1. The highest BCUT2D eigenvalue weighted by Gasteiger charge is 2.30. The van der Waals surface area contributed by atoms with Crippen LogP contribution in [0.4, 0.5) is 4.79 Å². The Morgan fingerprint density at radius 2 is 2.07 bits per heavy atom. The molecule has 15 heavy (non-hydrogen) atoms. The van der Waals surface area contributed by atoms with Crippen LogP contribution < -0.4 is 5.32 Å². The Hall–Kier alpha value is -0.770. The maximum absolute atomic E-state index is 11.5. The minimum atomic E-state index is -0.419. The molecule has 2 atom stereocenters. The smallest absolute Gasteiger partial charge is 0.407 e. The number of hydrogen-bond donors (Lipinski definition) is 1. The molecule has 1 heterocycles. The zero-order valence-corrected chi connectivity index (χ0v) is 10.3. The summed E-state index contributed by atoms with van der Waals surface area (Å²) in [7, 11) is 2.07. The average Bonchev–Trinajstić information content (AvgIpc) is 2.32. The molecular formula is C11H22N2O2. The lowest BCUT2D eigenvalue weighted by molar-refractivity contribution is 0.0496. The Balaban J connectivity index is 2.39. The first kappa shape index (κ1) is 12.3. The lowest BCUT2D eigenvalue weighted by Crippen LogP contribution is -2.44. The van der Waals surface area contributed by atoms with Crippen molar-refractivity contribution in [2.24, 2.45) is 0 Å². The lowest BCUT2D eigenvalue weighted by Gasteiger charge is -2.24. The van der Waals surface area contributed by atoms with Crippen LogP contribution in [0.5, 0.6) is 0 Å². The van der Waals surface area contributed by atoms with Gasteiger partial charge in [-0.1, -0.05) is 0 Å². The maximum Gasteiger partial charge on any atom is 0.407 e. The SMILES string of the molecule is C[C@@H]1[C@H](NC(=O)OC(C)(C)C)CCN1C. The van der Waals surface area contributed by atoms with Gasteiger partial charge in [-0.25, -0.2) is 4.79 Å². The molecule has 4 heteroatoms. The van der Waals surface area contributed by atoms with Crippen molar-refractivity contribution in [1.82, 2.24) is 10.2 Å². The Morgan fingerprint density at radius 3 is 2.47 bits per heavy atom. The predicted molar refractivity (Wildman–Crippen MR) is 59.9 cm³/mol. The second-order valence-electron chi connectivity index (χ2n) is 5.26. The minimum Gasteiger partial charge on any atom is -0.444 e. The van der Waals surface area contributed by atoms with Crippen molar-refractivity contribution in [3.05, 3.63) is 0 Å². The van der Waals surface area contributed by atoms with Crippen LogP contribution in [0.1, 0.15) is 34.1 Å². The number of ether oxygens (including phenoxy) is 1. The average molecular weight is 214 g/mol. The summed E-state index contributed by atoms with van der Waals surface area (Å²) in [6.45, 7) is 8.76. The molecule has 1 aliphatic rings. The number of likely N-dealkylation sites (tertiary alicyclic amines) is 1. The molecule has 1 rings (SSSR count). The zero-order valence-electron chi connectivity index (χ0n) is 10.3. The molecule has 1 aliphatic heterocycles. The highest BCUT2D eigenvalue weighted by molar-refractivity contribution is 5.68. The van der Waals surface area contributed by atoms with Gasteiger partial charge in [-0.15, -0.1) is 0 Å². The van der Waals surface area contributed by atoms with Gasteiger partial charge in [0.1, 0.15) is 5.60 Å². The number of carbonyl (C=O) groups is 1. The van der Waals surface area contributed by atoms with Crippen molar-refractivity contribution in [3.8, 4) is 0 Å². The Bertz CT molecular complexity index is 235. The highest BCUT2D eigenvalue weighted by atomic mass is 16.6. The van der Waals surface area contributed by atoms with Crippen LogP contribution in [-0.2, 0) is 4.74 Å². The third-order valence-corrected chi connectivity index (χ3v) is 2.77. The molecule has 4 nitrogen and oxygen atoms in total. The summed E-state index contributed by atoms with van der Waals surface area (Å²) < 4.78 is 5.21. The van der Waals surface area contributed by atoms with Gasteiger partial charge in [-0.3, -0.25) is 0 Å². The molecule has 0 saturated carbocycles. The molecule has 0 aliphatic carbocycles. The molecule has 0 spiro atoms. The van der Waals surface area contributed by atoms with E-state index in [9.17, 15) is 4.79 Å². The third kappa shape index (κ3) is 3.70. The van der Waals surface area contributed by atoms with Crippen molar-refractivity contribution >= 4 is 6.09 Å². The van der Waals surface area contributed by atoms with Crippen LogP contribution in [0.25, 0.3) is 0 Å². The van der Waals surface area contributed by atoms with Crippen molar-refractivity contribution in [3.63, 3.8) is 0 Å². The molecule has 0 aromatic heterocycles. The van der Waals surface area contributed by atoms with Crippen LogP contribution >= 0.6 is 0 Å². The number of hydrogen-bond acceptors (Lipinski definition) is 3. The molecule has 0 bridgehead atoms. The van der Waals surface area contributed by atoms with E-state index in [-0.39, 0.29) is 12.1 Å². The second-order valence-corrected chi connectivity index (χ2v) is 5.26. The topological polar surface area (TPSA) is 41.6 Å². The number of likely N-dealkylation sites (N-methyl/N-ethyl adjacent to an activating group) is 1. The molecule has 1 N–H and O–H groups in total. The predicted octanol–water partition coefficient (Wildman–Crippen LogP) is 1.60. The summed E-state index contributed by atoms with van der Waals surface area (Å²) in [6, 6.07) is 0.599. The van der Waals surface area contributed by atoms with Gasteiger partial charge in [-0.05, 0) is 41.2 Å². The van der Waals surface area contributed by atoms with E-state index >= 15 is 0 Å². The first-order valence-corrected chi connectivity index (χ1v) is 5.49. The molecule has 1 fully saturated rings. The van der Waals surface area contributed by atoms with E-state index < -0.39 is 5.60 Å². The summed E-state index contributed by atoms with van der Waals surface area (Å²) >= 11 is 0. The lowest BCUT2D eigenvalue weighted by atomic mass is 10.1. The number of rotatable bonds is 1. The summed E-state index contributed by atoms with van der Waals surface area (Å²) in [4.78, 5) is 13.8. The van der Waals surface area contributed by atoms with Crippen LogP contribution in [0, 0.1) is 0 Å². The molecule has 0 aromatic rings. The normalized spacial score (nSPS) is 27.8. The van der Waals surface area contributed by atoms with E-state index in [2.05, 4.69) is 24.2 Å². The van der Waals surface area contributed by atoms with E-state index in [1.807, 2.05) is 20.8 Å². The standard InChI is InChI=1S/C11H22N2O2/c1-8-9(6-7-13(8)5)12-10(14)15-11(2,3)4/h8-9H,6-7H2,1-5H3,(H,12,14)/t8-,9-/m1/s1. The van der Waals surface area contributed by atoms with Crippen molar-refractivity contribution in [2.75, 3.05) is 13.6 Å². The van der Waals surface area contributed by atoms with Crippen LogP contribution in [0.3, 0.4) is 0 Å². The van der Waals surface area contributed by atoms with E-state index in [1.54, 1.807) is 0 Å². The van der Waals surface area contributed by atoms with Gasteiger partial charge in [0.15, 0.2) is 0 Å². The van der Waals surface area contributed by atoms with Gasteiger partial charge in [0, 0.05) is 18.6 Å². The Morgan fingerprint density at radius 1 is 1.47 bits per heavy atom. The largest absolute Gasteiger partial charge is 0.444 e. The fraction of sp³-hybridized carbons (Fsp3) is 0.909. The van der Waals surface area contributed by atoms with Crippen LogP contribution in [0.2, 0.25) is 0 Å². The van der Waals surface area contributed by atoms with Crippen LogP contribution in [-0.4, -0.2) is 42.3 Å². The van der Waals surface area contributed by atoms with Crippen molar-refractivity contribution in [1.29, 1.82) is 0 Å². The zero-order chi connectivity index (χ0) is 11.6. The van der Waals surface area contributed by atoms with Crippen molar-refractivity contribution in [2.45, 2.75) is 51.8 Å². The molecule has 88 valence electrons. The van der Waals surface area contributed by atoms with Gasteiger partial charge in [-0.2, -0.15) is 0 Å². The number of alkyl carbamates (subject to hydrolysis) is 1. The fourth-order valence-electron chi connectivity index (χ4n) is 1.75. The van der Waals surface area contributed by atoms with E-state index in [0.29, 0.717) is 6.04 Å². The summed E-state index contributed by atoms with van der Waals surface area (Å²) in [5.74, 6) is 0. The first-order chi connectivity index (χ1) is 6.79. The first-order valence-electron chi connectivity index (χ1n) is 5.49. The van der Waals surface area contributed by atoms with Gasteiger partial charge >= 0.3 is 6.09 Å². The number of amides is 1. The second kappa shape index (κ2) is 4.39. The van der Waals surface area contributed by atoms with E-state index in [0.717, 1.165) is 13.0 Å². The van der Waals surface area contributed by atoms with Crippen LogP contribution in [0.15, 0.2) is 0 Å². The monoisotopic (exact) mass is 214 g/mol. The van der Waals surface area contributed by atoms with E-state index in [4.69, 9.17) is 4.74 Å². The minimum absolute atomic E-state index is 0.213. The molecule has 0 radical (unpaired) electrons. The highest BCUT2D eigenvalue weighted by Crippen LogP contribution is 2.16. The van der Waals surface area contributed by atoms with Gasteiger partial charge in [0.25, 0.3) is 0 Å². The number of nitrogens with one attached hydrogen (secondary N) is 1. The molecule has 1 saturated heterocycles. The summed E-state index contributed by atoms with van der Waals surface area (Å²) in [5, 5.41) is 2.91. The van der Waals surface area contributed by atoms with Gasteiger partial charge in [0.05, 0.1) is 0 Å². The molecule has 1 amide bonds. The Kier molecular flexibility index (Phi) is 3.60. The third-order valence-electron chi connectivity index (χ3n) is 2.77. The van der Waals surface area contributed by atoms with Gasteiger partial charge < -0.3 is 15.0 Å². The fourth-order valence-corrected chi connectivity index (χ4v) is 1.75. The maximum atomic E-state index is 11.5. The Labute approximate surface area is 92.0 Å². The molecule has 0 unspecified atom stereocenters. The number of carbonyl (C=O) groups excluding carboxylic acids is 1. The molecule has 0 aromatic carbocycles. The molecular weight excluding hydrogens is 192 g/mol. The van der Waals surface area contributed by atoms with Crippen molar-refractivity contribution < 1.29 is 9.53 Å².